The molecule has 1 aliphatic heterocycles. The molecule has 0 radical (unpaired) electrons. The van der Waals surface area contributed by atoms with Crippen LogP contribution in [-0.4, -0.2) is 66.5 Å². The van der Waals surface area contributed by atoms with Crippen molar-refractivity contribution in [2.45, 2.75) is 12.8 Å². The van der Waals surface area contributed by atoms with Gasteiger partial charge in [-0.2, -0.15) is 0 Å². The quantitative estimate of drug-likeness (QED) is 0.389. The van der Waals surface area contributed by atoms with Gasteiger partial charge in [-0.1, -0.05) is 0 Å². The van der Waals surface area contributed by atoms with Gasteiger partial charge in [-0.25, -0.2) is 4.79 Å². The molecule has 2 amide bonds. The zero-order valence-corrected chi connectivity index (χ0v) is 11.8. The fourth-order valence-corrected chi connectivity index (χ4v) is 2.32. The molecule has 1 rings (SSSR count). The fraction of sp³-hybridized carbons (Fsp3) is 0.727. The normalized spacial score (nSPS) is 16.3. The molecule has 0 atom stereocenters. The van der Waals surface area contributed by atoms with Crippen LogP contribution in [0.25, 0.3) is 0 Å². The Balaban J connectivity index is 2.22. The second-order valence-electron chi connectivity index (χ2n) is 5.11. The highest BCUT2D eigenvalue weighted by molar-refractivity contribution is 7.99. The van der Waals surface area contributed by atoms with Crippen molar-refractivity contribution >= 4 is 29.5 Å². The summed E-state index contributed by atoms with van der Waals surface area (Å²) >= 11 is 1.43. The number of amides is 2. The van der Waals surface area contributed by atoms with Crippen LogP contribution < -0.4 is 0 Å². The summed E-state index contributed by atoms with van der Waals surface area (Å²) < 4.78 is 0.825. The van der Waals surface area contributed by atoms with Crippen LogP contribution in [0.5, 0.6) is 0 Å². The number of nitrogens with zero attached hydrogens (tertiary/aromatic N) is 2. The second-order valence-corrected chi connectivity index (χ2v) is 6.22. The van der Waals surface area contributed by atoms with E-state index in [1.165, 1.54) is 11.8 Å². The summed E-state index contributed by atoms with van der Waals surface area (Å²) in [7, 11) is 6.21. The number of hydroxylamine groups is 2. The molecule has 1 fully saturated rings. The van der Waals surface area contributed by atoms with Gasteiger partial charge in [0.15, 0.2) is 0 Å². The Hall–Kier alpha value is -1.08. The van der Waals surface area contributed by atoms with Crippen molar-refractivity contribution in [3.8, 4) is 0 Å². The molecule has 0 bridgehead atoms. The van der Waals surface area contributed by atoms with Gasteiger partial charge in [0.1, 0.15) is 0 Å². The van der Waals surface area contributed by atoms with Gasteiger partial charge < -0.3 is 9.32 Å². The molecule has 0 unspecified atom stereocenters. The first-order valence-electron chi connectivity index (χ1n) is 5.74. The predicted molar refractivity (Wildman–Crippen MR) is 67.4 cm³/mol. The largest absolute Gasteiger partial charge is 0.342 e. The summed E-state index contributed by atoms with van der Waals surface area (Å²) in [5, 5.41) is 0.586. The van der Waals surface area contributed by atoms with Gasteiger partial charge in [-0.3, -0.25) is 9.59 Å². The van der Waals surface area contributed by atoms with Gasteiger partial charge in [-0.05, 0) is 0 Å². The maximum absolute atomic E-state index is 11.4. The molecular formula is C11H19N2O4S+. The van der Waals surface area contributed by atoms with Crippen molar-refractivity contribution < 1.29 is 23.7 Å². The lowest BCUT2D eigenvalue weighted by atomic mass is 10.4. The Bertz CT molecular complexity index is 335. The molecule has 0 aliphatic carbocycles. The number of hydrogen-bond acceptors (Lipinski definition) is 5. The lowest BCUT2D eigenvalue weighted by Crippen LogP contribution is -2.36. The highest BCUT2D eigenvalue weighted by atomic mass is 32.2. The van der Waals surface area contributed by atoms with Gasteiger partial charge in [0.05, 0.1) is 33.4 Å². The highest BCUT2D eigenvalue weighted by Crippen LogP contribution is 2.13. The molecule has 0 aromatic heterocycles. The van der Waals surface area contributed by atoms with Gasteiger partial charge in [0.25, 0.3) is 11.8 Å². The molecule has 0 aromatic rings. The van der Waals surface area contributed by atoms with Crippen LogP contribution in [0.4, 0.5) is 0 Å². The zero-order chi connectivity index (χ0) is 13.8. The molecule has 0 spiro atoms. The average Bonchev–Trinajstić information content (AvgIpc) is 2.55. The van der Waals surface area contributed by atoms with Crippen LogP contribution in [0.3, 0.4) is 0 Å². The van der Waals surface area contributed by atoms with E-state index in [2.05, 4.69) is 21.1 Å². The van der Waals surface area contributed by atoms with Crippen molar-refractivity contribution in [2.75, 3.05) is 39.2 Å². The molecule has 18 heavy (non-hydrogen) atoms. The molecule has 0 saturated carbocycles. The Morgan fingerprint density at radius 1 is 1.28 bits per heavy atom. The number of rotatable bonds is 6. The van der Waals surface area contributed by atoms with Crippen molar-refractivity contribution in [1.29, 1.82) is 0 Å². The van der Waals surface area contributed by atoms with E-state index in [-0.39, 0.29) is 18.6 Å². The van der Waals surface area contributed by atoms with E-state index in [1.54, 1.807) is 0 Å². The number of hydrogen-bond donors (Lipinski definition) is 0. The van der Waals surface area contributed by atoms with E-state index in [0.717, 1.165) is 16.8 Å². The first kappa shape index (κ1) is 15.0. The molecule has 7 heteroatoms. The third-order valence-corrected chi connectivity index (χ3v) is 3.24. The smallest absolute Gasteiger partial charge is 0.330 e. The van der Waals surface area contributed by atoms with Gasteiger partial charge >= 0.3 is 5.97 Å². The number of quaternary nitrogens is 1. The monoisotopic (exact) mass is 275 g/mol. The Morgan fingerprint density at radius 2 is 1.83 bits per heavy atom. The topological polar surface area (TPSA) is 63.7 Å². The van der Waals surface area contributed by atoms with Gasteiger partial charge in [0, 0.05) is 18.6 Å². The molecule has 0 N–H and O–H groups in total. The Morgan fingerprint density at radius 3 is 2.33 bits per heavy atom. The number of carbonyl (C=O) groups is 3. The maximum Gasteiger partial charge on any atom is 0.342 e. The average molecular weight is 275 g/mol. The molecule has 1 saturated heterocycles. The minimum absolute atomic E-state index is 0.126. The van der Waals surface area contributed by atoms with Gasteiger partial charge in [0.2, 0.25) is 0 Å². The van der Waals surface area contributed by atoms with Crippen LogP contribution >= 0.6 is 11.8 Å². The second kappa shape index (κ2) is 6.19. The predicted octanol–water partition coefficient (Wildman–Crippen LogP) is 0.0330. The third-order valence-electron chi connectivity index (χ3n) is 2.33. The van der Waals surface area contributed by atoms with Crippen molar-refractivity contribution in [2.24, 2.45) is 0 Å². The maximum atomic E-state index is 11.4. The van der Waals surface area contributed by atoms with E-state index >= 15 is 0 Å². The van der Waals surface area contributed by atoms with Crippen molar-refractivity contribution in [1.82, 2.24) is 5.06 Å². The Labute approximate surface area is 111 Å². The third kappa shape index (κ3) is 5.05. The highest BCUT2D eigenvalue weighted by Gasteiger charge is 2.32. The lowest BCUT2D eigenvalue weighted by molar-refractivity contribution is -0.867. The minimum atomic E-state index is -0.551. The summed E-state index contributed by atoms with van der Waals surface area (Å²) in [4.78, 5) is 38.6. The number of carbonyl (C=O) groups excluding carboxylic acids is 3. The number of thioether (sulfide) groups is 1. The number of imide groups is 1. The first-order chi connectivity index (χ1) is 8.29. The van der Waals surface area contributed by atoms with Crippen molar-refractivity contribution in [3.63, 3.8) is 0 Å². The molecule has 1 aliphatic rings. The van der Waals surface area contributed by atoms with Crippen LogP contribution in [0.2, 0.25) is 0 Å². The van der Waals surface area contributed by atoms with E-state index in [9.17, 15) is 14.4 Å². The zero-order valence-electron chi connectivity index (χ0n) is 11.0. The van der Waals surface area contributed by atoms with E-state index < -0.39 is 17.8 Å². The summed E-state index contributed by atoms with van der Waals surface area (Å²) in [5.74, 6) is -0.461. The van der Waals surface area contributed by atoms with Crippen LogP contribution in [0.15, 0.2) is 0 Å². The Kier molecular flexibility index (Phi) is 5.15. The van der Waals surface area contributed by atoms with E-state index in [4.69, 9.17) is 4.84 Å². The first-order valence-corrected chi connectivity index (χ1v) is 6.90. The van der Waals surface area contributed by atoms with E-state index in [0.29, 0.717) is 5.06 Å². The molecule has 1 heterocycles. The lowest BCUT2D eigenvalue weighted by Gasteiger charge is -2.23. The summed E-state index contributed by atoms with van der Waals surface area (Å²) in [5.41, 5.74) is 0. The molecule has 6 nitrogen and oxygen atoms in total. The summed E-state index contributed by atoms with van der Waals surface area (Å²) in [6, 6.07) is 0. The molecule has 102 valence electrons. The van der Waals surface area contributed by atoms with E-state index in [1.807, 2.05) is 0 Å². The molecule has 0 aromatic carbocycles. The molecular weight excluding hydrogens is 256 g/mol. The SMILES string of the molecule is C[N+](C)(C)CCSCC(=O)ON1C(=O)CCC1=O. The minimum Gasteiger partial charge on any atom is -0.330 e. The summed E-state index contributed by atoms with van der Waals surface area (Å²) in [6.07, 6.45) is 0.252. The summed E-state index contributed by atoms with van der Waals surface area (Å²) in [6.45, 7) is 0.930. The standard InChI is InChI=1S/C11H19N2O4S/c1-13(2,3)6-7-18-8-11(16)17-12-9(14)4-5-10(12)15/h4-8H2,1-3H3/q+1. The van der Waals surface area contributed by atoms with Crippen LogP contribution in [-0.2, 0) is 19.2 Å². The van der Waals surface area contributed by atoms with Crippen LogP contribution in [0, 0.1) is 0 Å². The van der Waals surface area contributed by atoms with Crippen LogP contribution in [0.1, 0.15) is 12.8 Å². The van der Waals surface area contributed by atoms with Gasteiger partial charge in [-0.15, -0.1) is 16.8 Å². The fourth-order valence-electron chi connectivity index (χ4n) is 1.28. The van der Waals surface area contributed by atoms with Crippen molar-refractivity contribution in [3.05, 3.63) is 0 Å².